The number of primary amides is 1. The van der Waals surface area contributed by atoms with Crippen LogP contribution in [0.1, 0.15) is 49.7 Å². The SMILES string of the molecule is CC(C)c1nn(C)cc1S(=O)(=O)c1cc(C(N)=O)c(NC(=O)C(C)(C)O)s1. The van der Waals surface area contributed by atoms with Gasteiger partial charge in [-0.15, -0.1) is 11.3 Å². The zero-order valence-corrected chi connectivity index (χ0v) is 17.2. The second kappa shape index (κ2) is 7.06. The van der Waals surface area contributed by atoms with Crippen molar-refractivity contribution >= 4 is 38.0 Å². The van der Waals surface area contributed by atoms with E-state index in [0.29, 0.717) is 17.0 Å². The number of anilines is 1. The number of aliphatic hydroxyl groups is 1. The summed E-state index contributed by atoms with van der Waals surface area (Å²) in [4.78, 5) is 23.8. The molecule has 0 fully saturated rings. The van der Waals surface area contributed by atoms with Crippen LogP contribution in [0.2, 0.25) is 0 Å². The van der Waals surface area contributed by atoms with Crippen molar-refractivity contribution < 1.29 is 23.1 Å². The highest BCUT2D eigenvalue weighted by Gasteiger charge is 2.31. The third-order valence-electron chi connectivity index (χ3n) is 3.68. The molecule has 0 aliphatic heterocycles. The molecule has 0 spiro atoms. The van der Waals surface area contributed by atoms with E-state index in [2.05, 4.69) is 10.4 Å². The molecule has 9 nitrogen and oxygen atoms in total. The fourth-order valence-electron chi connectivity index (χ4n) is 2.23. The molecule has 0 unspecified atom stereocenters. The lowest BCUT2D eigenvalue weighted by atomic mass is 10.1. The summed E-state index contributed by atoms with van der Waals surface area (Å²) in [5.74, 6) is -1.82. The number of thiophene rings is 1. The van der Waals surface area contributed by atoms with Crippen molar-refractivity contribution in [2.24, 2.45) is 12.8 Å². The number of carbonyl (C=O) groups is 2. The van der Waals surface area contributed by atoms with E-state index in [1.165, 1.54) is 24.7 Å². The van der Waals surface area contributed by atoms with Gasteiger partial charge in [0.1, 0.15) is 19.7 Å². The van der Waals surface area contributed by atoms with Crippen molar-refractivity contribution in [3.05, 3.63) is 23.5 Å². The van der Waals surface area contributed by atoms with Gasteiger partial charge in [0.2, 0.25) is 9.84 Å². The van der Waals surface area contributed by atoms with E-state index in [4.69, 9.17) is 5.73 Å². The zero-order valence-electron chi connectivity index (χ0n) is 15.6. The number of nitrogens with one attached hydrogen (secondary N) is 1. The first-order valence-corrected chi connectivity index (χ1v) is 10.3. The fourth-order valence-corrected chi connectivity index (χ4v) is 5.31. The number of hydrogen-bond donors (Lipinski definition) is 3. The number of aromatic nitrogens is 2. The predicted octanol–water partition coefficient (Wildman–Crippen LogP) is 1.25. The first kappa shape index (κ1) is 21.1. The molecular formula is C16H22N4O5S2. The Bertz CT molecular complexity index is 997. The summed E-state index contributed by atoms with van der Waals surface area (Å²) in [6.45, 7) is 6.17. The van der Waals surface area contributed by atoms with Crippen molar-refractivity contribution in [1.29, 1.82) is 0 Å². The highest BCUT2D eigenvalue weighted by Crippen LogP contribution is 2.36. The molecule has 0 aliphatic rings. The van der Waals surface area contributed by atoms with Crippen molar-refractivity contribution in [2.75, 3.05) is 5.32 Å². The van der Waals surface area contributed by atoms with E-state index in [9.17, 15) is 23.1 Å². The lowest BCUT2D eigenvalue weighted by Gasteiger charge is -2.16. The minimum absolute atomic E-state index is 0.0256. The number of aryl methyl sites for hydroxylation is 1. The Labute approximate surface area is 161 Å². The fraction of sp³-hybridized carbons (Fsp3) is 0.438. The maximum atomic E-state index is 13.1. The van der Waals surface area contributed by atoms with Crippen LogP contribution in [0.3, 0.4) is 0 Å². The Balaban J connectivity index is 2.58. The molecule has 27 heavy (non-hydrogen) atoms. The van der Waals surface area contributed by atoms with Crippen LogP contribution in [-0.2, 0) is 21.7 Å². The van der Waals surface area contributed by atoms with E-state index >= 15 is 0 Å². The molecule has 2 rings (SSSR count). The molecule has 0 aliphatic carbocycles. The smallest absolute Gasteiger partial charge is 0.256 e. The molecule has 0 aromatic carbocycles. The zero-order chi connectivity index (χ0) is 20.7. The van der Waals surface area contributed by atoms with Gasteiger partial charge in [-0.2, -0.15) is 5.10 Å². The number of carbonyl (C=O) groups excluding carboxylic acids is 2. The molecule has 2 aromatic heterocycles. The van der Waals surface area contributed by atoms with Gasteiger partial charge < -0.3 is 16.2 Å². The van der Waals surface area contributed by atoms with Crippen LogP contribution in [0.25, 0.3) is 0 Å². The normalized spacial score (nSPS) is 12.4. The second-order valence-electron chi connectivity index (χ2n) is 6.90. The lowest BCUT2D eigenvalue weighted by molar-refractivity contribution is -0.130. The molecule has 2 amide bonds. The molecule has 0 saturated heterocycles. The van der Waals surface area contributed by atoms with E-state index in [0.717, 1.165) is 6.07 Å². The summed E-state index contributed by atoms with van der Waals surface area (Å²) in [5, 5.41) is 16.3. The number of sulfone groups is 1. The number of nitrogens with zero attached hydrogens (tertiary/aromatic N) is 2. The molecule has 4 N–H and O–H groups in total. The molecule has 148 valence electrons. The maximum Gasteiger partial charge on any atom is 0.256 e. The molecule has 2 aromatic rings. The van der Waals surface area contributed by atoms with Gasteiger partial charge in [-0.05, 0) is 25.8 Å². The Morgan fingerprint density at radius 2 is 1.96 bits per heavy atom. The van der Waals surface area contributed by atoms with Gasteiger partial charge in [-0.3, -0.25) is 14.3 Å². The van der Waals surface area contributed by atoms with Crippen molar-refractivity contribution in [2.45, 2.75) is 48.3 Å². The van der Waals surface area contributed by atoms with Crippen LogP contribution in [0, 0.1) is 0 Å². The molecular weight excluding hydrogens is 392 g/mol. The monoisotopic (exact) mass is 414 g/mol. The maximum absolute atomic E-state index is 13.1. The molecule has 0 saturated carbocycles. The quantitative estimate of drug-likeness (QED) is 0.649. The molecule has 0 radical (unpaired) electrons. The van der Waals surface area contributed by atoms with E-state index < -0.39 is 27.3 Å². The van der Waals surface area contributed by atoms with Gasteiger partial charge in [-0.1, -0.05) is 13.8 Å². The lowest BCUT2D eigenvalue weighted by Crippen LogP contribution is -2.36. The average Bonchev–Trinajstić information content (AvgIpc) is 3.10. The van der Waals surface area contributed by atoms with Crippen LogP contribution in [0.5, 0.6) is 0 Å². The van der Waals surface area contributed by atoms with Gasteiger partial charge in [0.05, 0.1) is 11.3 Å². The Hall–Kier alpha value is -2.24. The third-order valence-corrected chi connectivity index (χ3v) is 6.98. The van der Waals surface area contributed by atoms with E-state index in [-0.39, 0.29) is 25.6 Å². The summed E-state index contributed by atoms with van der Waals surface area (Å²) >= 11 is 0.695. The molecule has 2 heterocycles. The predicted molar refractivity (Wildman–Crippen MR) is 101 cm³/mol. The Kier molecular flexibility index (Phi) is 5.51. The largest absolute Gasteiger partial charge is 0.381 e. The highest BCUT2D eigenvalue weighted by molar-refractivity contribution is 7.93. The summed E-state index contributed by atoms with van der Waals surface area (Å²) in [6, 6.07) is 1.12. The van der Waals surface area contributed by atoms with Gasteiger partial charge in [0.25, 0.3) is 11.8 Å². The Morgan fingerprint density at radius 3 is 2.44 bits per heavy atom. The van der Waals surface area contributed by atoms with Crippen LogP contribution < -0.4 is 11.1 Å². The third kappa shape index (κ3) is 4.20. The number of rotatable bonds is 6. The summed E-state index contributed by atoms with van der Waals surface area (Å²) in [6.07, 6.45) is 1.39. The average molecular weight is 415 g/mol. The summed E-state index contributed by atoms with van der Waals surface area (Å²) in [7, 11) is -2.37. The molecule has 0 atom stereocenters. The molecule has 11 heteroatoms. The second-order valence-corrected chi connectivity index (χ2v) is 10.1. The number of nitrogens with two attached hydrogens (primary N) is 1. The molecule has 0 bridgehead atoms. The van der Waals surface area contributed by atoms with Crippen LogP contribution >= 0.6 is 11.3 Å². The summed E-state index contributed by atoms with van der Waals surface area (Å²) < 4.78 is 27.4. The Morgan fingerprint density at radius 1 is 1.37 bits per heavy atom. The number of hydrogen-bond acceptors (Lipinski definition) is 7. The minimum Gasteiger partial charge on any atom is -0.381 e. The van der Waals surface area contributed by atoms with Gasteiger partial charge in [-0.25, -0.2) is 8.42 Å². The van der Waals surface area contributed by atoms with Crippen LogP contribution in [-0.4, -0.2) is 40.7 Å². The number of amides is 2. The minimum atomic E-state index is -3.99. The first-order valence-electron chi connectivity index (χ1n) is 8.01. The van der Waals surface area contributed by atoms with Gasteiger partial charge >= 0.3 is 0 Å². The van der Waals surface area contributed by atoms with Gasteiger partial charge in [0, 0.05) is 13.2 Å². The first-order chi connectivity index (χ1) is 12.2. The summed E-state index contributed by atoms with van der Waals surface area (Å²) in [5.41, 5.74) is 3.85. The topological polar surface area (TPSA) is 144 Å². The van der Waals surface area contributed by atoms with Crippen LogP contribution in [0.15, 0.2) is 21.4 Å². The van der Waals surface area contributed by atoms with E-state index in [1.54, 1.807) is 7.05 Å². The van der Waals surface area contributed by atoms with Crippen molar-refractivity contribution in [1.82, 2.24) is 9.78 Å². The van der Waals surface area contributed by atoms with Crippen molar-refractivity contribution in [3.8, 4) is 0 Å². The van der Waals surface area contributed by atoms with Crippen LogP contribution in [0.4, 0.5) is 5.00 Å². The van der Waals surface area contributed by atoms with Crippen molar-refractivity contribution in [3.63, 3.8) is 0 Å². The van der Waals surface area contributed by atoms with E-state index in [1.807, 2.05) is 13.8 Å². The van der Waals surface area contributed by atoms with Gasteiger partial charge in [0.15, 0.2) is 0 Å². The standard InChI is InChI=1S/C16H22N4O5S2/c1-8(2)12-10(7-20(5)19-12)27(24,25)11-6-9(13(17)21)14(26-11)18-15(22)16(3,4)23/h6-8,23H,1-5H3,(H2,17,21)(H,18,22). The highest BCUT2D eigenvalue weighted by atomic mass is 32.2.